The van der Waals surface area contributed by atoms with E-state index in [1.54, 1.807) is 37.3 Å². The molecule has 0 saturated heterocycles. The van der Waals surface area contributed by atoms with Crippen LogP contribution in [0.5, 0.6) is 0 Å². The molecule has 2 amide bonds. The number of amides is 2. The van der Waals surface area contributed by atoms with Crippen LogP contribution in [0.15, 0.2) is 35.4 Å². The summed E-state index contributed by atoms with van der Waals surface area (Å²) in [5.41, 5.74) is 0.00584. The van der Waals surface area contributed by atoms with E-state index in [9.17, 15) is 14.2 Å². The first-order valence-corrected chi connectivity index (χ1v) is 8.08. The number of esters is 1. The van der Waals surface area contributed by atoms with E-state index in [-0.39, 0.29) is 6.61 Å². The zero-order chi connectivity index (χ0) is 16.3. The van der Waals surface area contributed by atoms with Gasteiger partial charge in [0.15, 0.2) is 0 Å². The first-order chi connectivity index (χ1) is 10.5. The summed E-state index contributed by atoms with van der Waals surface area (Å²) < 4.78 is 23.5. The van der Waals surface area contributed by atoms with Crippen molar-refractivity contribution >= 4 is 30.7 Å². The van der Waals surface area contributed by atoms with Gasteiger partial charge in [-0.05, 0) is 19.1 Å². The van der Waals surface area contributed by atoms with Crippen molar-refractivity contribution in [2.45, 2.75) is 6.92 Å². The molecule has 9 heteroatoms. The number of rotatable bonds is 4. The largest absolute Gasteiger partial charge is 0.461 e. The molecule has 0 unspecified atom stereocenters. The summed E-state index contributed by atoms with van der Waals surface area (Å²) in [4.78, 5) is 24.4. The Morgan fingerprint density at radius 3 is 2.50 bits per heavy atom. The van der Waals surface area contributed by atoms with Crippen LogP contribution in [-0.2, 0) is 18.6 Å². The van der Waals surface area contributed by atoms with Crippen molar-refractivity contribution in [3.63, 3.8) is 0 Å². The third-order valence-corrected chi connectivity index (χ3v) is 5.28. The van der Waals surface area contributed by atoms with Crippen molar-refractivity contribution in [1.82, 2.24) is 4.67 Å². The lowest BCUT2D eigenvalue weighted by atomic mass is 10.3. The fourth-order valence-electron chi connectivity index (χ4n) is 1.88. The summed E-state index contributed by atoms with van der Waals surface area (Å²) in [6.45, 7) is 1.70. The zero-order valence-electron chi connectivity index (χ0n) is 12.4. The third-order valence-electron chi connectivity index (χ3n) is 3.02. The van der Waals surface area contributed by atoms with Gasteiger partial charge in [-0.15, -0.1) is 5.10 Å². The molecule has 1 aromatic rings. The van der Waals surface area contributed by atoms with Crippen LogP contribution in [0.25, 0.3) is 0 Å². The van der Waals surface area contributed by atoms with Crippen LogP contribution in [0, 0.1) is 0 Å². The molecule has 0 aromatic heterocycles. The van der Waals surface area contributed by atoms with E-state index in [0.717, 1.165) is 16.8 Å². The van der Waals surface area contributed by atoms with E-state index in [1.165, 1.54) is 7.05 Å². The fourth-order valence-corrected chi connectivity index (χ4v) is 3.39. The Balaban J connectivity index is 2.56. The van der Waals surface area contributed by atoms with Crippen molar-refractivity contribution in [2.75, 3.05) is 25.8 Å². The normalized spacial score (nSPS) is 21.6. The Morgan fingerprint density at radius 2 is 1.95 bits per heavy atom. The van der Waals surface area contributed by atoms with Gasteiger partial charge in [0, 0.05) is 14.2 Å². The molecule has 1 heterocycles. The number of nitrogens with zero attached hydrogens (tertiary/aromatic N) is 3. The lowest BCUT2D eigenvalue weighted by Crippen LogP contribution is -2.45. The third kappa shape index (κ3) is 2.63. The minimum Gasteiger partial charge on any atom is -0.461 e. The van der Waals surface area contributed by atoms with Gasteiger partial charge in [-0.3, -0.25) is 4.57 Å². The Hall–Kier alpha value is -2.18. The summed E-state index contributed by atoms with van der Waals surface area (Å²) in [6.07, 6.45) is 0. The Kier molecular flexibility index (Phi) is 4.63. The number of hydrazone groups is 1. The van der Waals surface area contributed by atoms with Crippen LogP contribution in [-0.4, -0.2) is 42.9 Å². The molecule has 0 spiro atoms. The summed E-state index contributed by atoms with van der Waals surface area (Å²) in [7, 11) is -1.44. The summed E-state index contributed by atoms with van der Waals surface area (Å²) >= 11 is 0. The maximum absolute atomic E-state index is 12.8. The SMILES string of the molecule is CCOC(=O)C1=NN(c2ccccc2)C(=O)N(C)[P@@]1(=O)OC. The zero-order valence-corrected chi connectivity index (χ0v) is 13.3. The number of hydrogen-bond acceptors (Lipinski definition) is 6. The van der Waals surface area contributed by atoms with Crippen LogP contribution in [0.2, 0.25) is 0 Å². The number of urea groups is 1. The number of benzene rings is 1. The van der Waals surface area contributed by atoms with E-state index in [4.69, 9.17) is 9.26 Å². The van der Waals surface area contributed by atoms with Crippen molar-refractivity contribution in [3.8, 4) is 0 Å². The Labute approximate surface area is 127 Å². The van der Waals surface area contributed by atoms with E-state index in [2.05, 4.69) is 5.10 Å². The molecule has 0 bridgehead atoms. The first kappa shape index (κ1) is 16.2. The predicted octanol–water partition coefficient (Wildman–Crippen LogP) is 2.27. The van der Waals surface area contributed by atoms with Gasteiger partial charge in [0.25, 0.3) is 5.45 Å². The maximum atomic E-state index is 12.8. The number of para-hydroxylation sites is 1. The quantitative estimate of drug-likeness (QED) is 0.626. The maximum Gasteiger partial charge on any atom is 0.366 e. The molecule has 1 aliphatic rings. The van der Waals surface area contributed by atoms with Crippen LogP contribution >= 0.6 is 7.52 Å². The highest BCUT2D eigenvalue weighted by molar-refractivity contribution is 7.78. The molecule has 1 aromatic carbocycles. The van der Waals surface area contributed by atoms with Crippen LogP contribution in [0.4, 0.5) is 10.5 Å². The summed E-state index contributed by atoms with van der Waals surface area (Å²) in [5, 5.41) is 4.91. The molecule has 0 N–H and O–H groups in total. The van der Waals surface area contributed by atoms with Gasteiger partial charge in [0.05, 0.1) is 12.3 Å². The van der Waals surface area contributed by atoms with Gasteiger partial charge >= 0.3 is 19.5 Å². The minimum absolute atomic E-state index is 0.0879. The molecule has 0 saturated carbocycles. The van der Waals surface area contributed by atoms with Crippen molar-refractivity contribution in [2.24, 2.45) is 5.10 Å². The van der Waals surface area contributed by atoms with Gasteiger partial charge in [-0.2, -0.15) is 5.01 Å². The van der Waals surface area contributed by atoms with Crippen LogP contribution in [0.1, 0.15) is 6.92 Å². The average Bonchev–Trinajstić information content (AvgIpc) is 2.54. The smallest absolute Gasteiger partial charge is 0.366 e. The van der Waals surface area contributed by atoms with Gasteiger partial charge in [-0.1, -0.05) is 18.2 Å². The van der Waals surface area contributed by atoms with E-state index < -0.39 is 25.0 Å². The highest BCUT2D eigenvalue weighted by Gasteiger charge is 2.48. The summed E-state index contributed by atoms with van der Waals surface area (Å²) in [6, 6.07) is 7.82. The van der Waals surface area contributed by atoms with Gasteiger partial charge in [-0.25, -0.2) is 14.3 Å². The Morgan fingerprint density at radius 1 is 1.32 bits per heavy atom. The number of anilines is 1. The van der Waals surface area contributed by atoms with Crippen LogP contribution < -0.4 is 5.01 Å². The van der Waals surface area contributed by atoms with Crippen molar-refractivity contribution in [3.05, 3.63) is 30.3 Å². The van der Waals surface area contributed by atoms with Gasteiger partial charge in [0.1, 0.15) is 0 Å². The lowest BCUT2D eigenvalue weighted by Gasteiger charge is -2.34. The number of carbonyl (C=O) groups excluding carboxylic acids is 2. The molecule has 1 atom stereocenters. The molecule has 0 radical (unpaired) electrons. The van der Waals surface area contributed by atoms with E-state index in [1.807, 2.05) is 0 Å². The van der Waals surface area contributed by atoms with E-state index >= 15 is 0 Å². The van der Waals surface area contributed by atoms with Crippen LogP contribution in [0.3, 0.4) is 0 Å². The molecule has 2 rings (SSSR count). The topological polar surface area (TPSA) is 88.5 Å². The van der Waals surface area contributed by atoms with Crippen molar-refractivity contribution in [1.29, 1.82) is 0 Å². The van der Waals surface area contributed by atoms with Gasteiger partial charge < -0.3 is 9.26 Å². The second-order valence-electron chi connectivity index (χ2n) is 4.30. The predicted molar refractivity (Wildman–Crippen MR) is 80.8 cm³/mol. The Bertz CT molecular complexity index is 661. The highest BCUT2D eigenvalue weighted by Crippen LogP contribution is 2.54. The lowest BCUT2D eigenvalue weighted by molar-refractivity contribution is -0.134. The van der Waals surface area contributed by atoms with E-state index in [0.29, 0.717) is 5.69 Å². The molecular formula is C13H16N3O5P. The summed E-state index contributed by atoms with van der Waals surface area (Å²) in [5.74, 6) is -0.882. The fraction of sp³-hybridized carbons (Fsp3) is 0.308. The molecule has 8 nitrogen and oxygen atoms in total. The number of carbonyl (C=O) groups is 2. The average molecular weight is 325 g/mol. The number of hydrogen-bond donors (Lipinski definition) is 0. The van der Waals surface area contributed by atoms with Gasteiger partial charge in [0.2, 0.25) is 0 Å². The molecule has 118 valence electrons. The highest BCUT2D eigenvalue weighted by atomic mass is 31.2. The first-order valence-electron chi connectivity index (χ1n) is 6.51. The monoisotopic (exact) mass is 325 g/mol. The van der Waals surface area contributed by atoms with Crippen molar-refractivity contribution < 1.29 is 23.4 Å². The molecule has 0 fully saturated rings. The molecule has 1 aliphatic heterocycles. The second kappa shape index (κ2) is 6.29. The molecule has 0 aliphatic carbocycles. The molecule has 22 heavy (non-hydrogen) atoms. The molecular weight excluding hydrogens is 309 g/mol. The minimum atomic E-state index is -3.88. The second-order valence-corrected chi connectivity index (χ2v) is 6.73. The number of ether oxygens (including phenoxy) is 1. The standard InChI is InChI=1S/C13H16N3O5P/c1-4-21-12(17)11-14-16(10-8-6-5-7-9-10)13(18)15(2)22(11,19)20-3/h5-9H,4H2,1-3H3/t22-/m0/s1.